The zero-order valence-electron chi connectivity index (χ0n) is 18.0. The van der Waals surface area contributed by atoms with Gasteiger partial charge in [0.25, 0.3) is 0 Å². The normalized spacial score (nSPS) is 14.7. The van der Waals surface area contributed by atoms with Crippen LogP contribution in [0.4, 0.5) is 21.9 Å². The SMILES string of the molecule is Cc1nc(CN2CCC(C(=O)Nc3cccc(NC(=O)Nc4ccccc4)c3)CC2)cs1. The highest BCUT2D eigenvalue weighted by molar-refractivity contribution is 7.09. The molecule has 1 aromatic heterocycles. The number of aromatic nitrogens is 1. The first-order valence-corrected chi connectivity index (χ1v) is 11.6. The summed E-state index contributed by atoms with van der Waals surface area (Å²) >= 11 is 1.67. The molecule has 7 nitrogen and oxygen atoms in total. The Kier molecular flexibility index (Phi) is 7.14. The van der Waals surface area contributed by atoms with Crippen LogP contribution in [0.1, 0.15) is 23.5 Å². The Hall–Kier alpha value is -3.23. The molecule has 1 aliphatic rings. The first-order valence-electron chi connectivity index (χ1n) is 10.7. The van der Waals surface area contributed by atoms with Crippen molar-refractivity contribution >= 4 is 40.3 Å². The van der Waals surface area contributed by atoms with Gasteiger partial charge in [0.15, 0.2) is 0 Å². The molecule has 2 aromatic carbocycles. The topological polar surface area (TPSA) is 86.4 Å². The Bertz CT molecular complexity index is 1060. The highest BCUT2D eigenvalue weighted by atomic mass is 32.1. The summed E-state index contributed by atoms with van der Waals surface area (Å²) in [6, 6.07) is 16.1. The number of aryl methyl sites for hydroxylation is 1. The van der Waals surface area contributed by atoms with Gasteiger partial charge in [-0.1, -0.05) is 24.3 Å². The number of amides is 3. The Balaban J connectivity index is 1.26. The van der Waals surface area contributed by atoms with E-state index in [0.29, 0.717) is 17.1 Å². The van der Waals surface area contributed by atoms with Gasteiger partial charge in [-0.05, 0) is 63.2 Å². The second-order valence-corrected chi connectivity index (χ2v) is 8.99. The fraction of sp³-hybridized carbons (Fsp3) is 0.292. The van der Waals surface area contributed by atoms with Crippen LogP contribution in [0.2, 0.25) is 0 Å². The summed E-state index contributed by atoms with van der Waals surface area (Å²) in [5, 5.41) is 11.8. The summed E-state index contributed by atoms with van der Waals surface area (Å²) in [5.74, 6) is 0.0152. The zero-order chi connectivity index (χ0) is 22.3. The number of thiazole rings is 1. The lowest BCUT2D eigenvalue weighted by Crippen LogP contribution is -2.37. The van der Waals surface area contributed by atoms with Gasteiger partial charge in [-0.15, -0.1) is 11.3 Å². The molecule has 4 rings (SSSR count). The molecule has 32 heavy (non-hydrogen) atoms. The highest BCUT2D eigenvalue weighted by Gasteiger charge is 2.25. The lowest BCUT2D eigenvalue weighted by molar-refractivity contribution is -0.121. The maximum Gasteiger partial charge on any atom is 0.323 e. The number of hydrogen-bond acceptors (Lipinski definition) is 5. The predicted octanol–water partition coefficient (Wildman–Crippen LogP) is 4.95. The first kappa shape index (κ1) is 22.0. The largest absolute Gasteiger partial charge is 0.326 e. The van der Waals surface area contributed by atoms with Crippen LogP contribution in [0.3, 0.4) is 0 Å². The first-order chi connectivity index (χ1) is 15.5. The Morgan fingerprint density at radius 3 is 2.31 bits per heavy atom. The predicted molar refractivity (Wildman–Crippen MR) is 129 cm³/mol. The lowest BCUT2D eigenvalue weighted by atomic mass is 9.95. The number of para-hydroxylation sites is 1. The third kappa shape index (κ3) is 6.15. The van der Waals surface area contributed by atoms with E-state index in [-0.39, 0.29) is 17.9 Å². The number of urea groups is 1. The van der Waals surface area contributed by atoms with Crippen molar-refractivity contribution < 1.29 is 9.59 Å². The van der Waals surface area contributed by atoms with Crippen LogP contribution in [0.5, 0.6) is 0 Å². The van der Waals surface area contributed by atoms with E-state index in [2.05, 4.69) is 31.2 Å². The number of anilines is 3. The molecule has 0 bridgehead atoms. The maximum atomic E-state index is 12.8. The molecule has 166 valence electrons. The molecule has 0 aliphatic carbocycles. The minimum atomic E-state index is -0.331. The molecular formula is C24H27N5O2S. The van der Waals surface area contributed by atoms with E-state index < -0.39 is 0 Å². The molecule has 8 heteroatoms. The monoisotopic (exact) mass is 449 g/mol. The van der Waals surface area contributed by atoms with Gasteiger partial charge in [0, 0.05) is 34.9 Å². The quantitative estimate of drug-likeness (QED) is 0.497. The van der Waals surface area contributed by atoms with Crippen molar-refractivity contribution in [1.29, 1.82) is 0 Å². The van der Waals surface area contributed by atoms with Gasteiger partial charge in [-0.25, -0.2) is 9.78 Å². The number of carbonyl (C=O) groups excluding carboxylic acids is 2. The van der Waals surface area contributed by atoms with E-state index in [0.717, 1.165) is 43.2 Å². The van der Waals surface area contributed by atoms with Gasteiger partial charge in [0.2, 0.25) is 5.91 Å². The van der Waals surface area contributed by atoms with Gasteiger partial charge >= 0.3 is 6.03 Å². The summed E-state index contributed by atoms with van der Waals surface area (Å²) in [6.07, 6.45) is 1.65. The number of nitrogens with zero attached hydrogens (tertiary/aromatic N) is 2. The fourth-order valence-corrected chi connectivity index (χ4v) is 4.40. The molecule has 1 aliphatic heterocycles. The number of nitrogens with one attached hydrogen (secondary N) is 3. The third-order valence-electron chi connectivity index (χ3n) is 5.43. The zero-order valence-corrected chi connectivity index (χ0v) is 18.8. The second-order valence-electron chi connectivity index (χ2n) is 7.92. The smallest absolute Gasteiger partial charge is 0.323 e. The highest BCUT2D eigenvalue weighted by Crippen LogP contribution is 2.23. The molecule has 1 fully saturated rings. The summed E-state index contributed by atoms with van der Waals surface area (Å²) in [7, 11) is 0. The minimum absolute atomic E-state index is 0.0126. The molecule has 0 radical (unpaired) electrons. The van der Waals surface area contributed by atoms with Gasteiger partial charge in [-0.3, -0.25) is 9.69 Å². The molecule has 3 amide bonds. The van der Waals surface area contributed by atoms with Crippen molar-refractivity contribution in [2.75, 3.05) is 29.0 Å². The number of rotatable bonds is 6. The Morgan fingerprint density at radius 2 is 1.62 bits per heavy atom. The third-order valence-corrected chi connectivity index (χ3v) is 6.25. The van der Waals surface area contributed by atoms with Crippen LogP contribution in [0.25, 0.3) is 0 Å². The summed E-state index contributed by atoms with van der Waals surface area (Å²) in [4.78, 5) is 31.9. The fourth-order valence-electron chi connectivity index (χ4n) is 3.80. The van der Waals surface area contributed by atoms with Crippen molar-refractivity contribution in [3.63, 3.8) is 0 Å². The van der Waals surface area contributed by atoms with Crippen LogP contribution in [0, 0.1) is 12.8 Å². The molecule has 3 aromatic rings. The summed E-state index contributed by atoms with van der Waals surface area (Å²) in [5.41, 5.74) is 3.11. The molecular weight excluding hydrogens is 422 g/mol. The van der Waals surface area contributed by atoms with Crippen molar-refractivity contribution in [1.82, 2.24) is 9.88 Å². The minimum Gasteiger partial charge on any atom is -0.326 e. The van der Waals surface area contributed by atoms with Gasteiger partial charge in [-0.2, -0.15) is 0 Å². The number of benzene rings is 2. The average molecular weight is 450 g/mol. The number of likely N-dealkylation sites (tertiary alicyclic amines) is 1. The maximum absolute atomic E-state index is 12.8. The van der Waals surface area contributed by atoms with E-state index in [9.17, 15) is 9.59 Å². The van der Waals surface area contributed by atoms with Crippen molar-refractivity contribution in [3.05, 3.63) is 70.7 Å². The van der Waals surface area contributed by atoms with Crippen molar-refractivity contribution in [2.24, 2.45) is 5.92 Å². The Labute approximate surface area is 191 Å². The standard InChI is InChI=1S/C24H27N5O2S/c1-17-25-22(16-32-17)15-29-12-10-18(11-13-29)23(30)26-20-8-5-9-21(14-20)28-24(31)27-19-6-3-2-4-7-19/h2-9,14,16,18H,10-13,15H2,1H3,(H,26,30)(H2,27,28,31). The average Bonchev–Trinajstić information content (AvgIpc) is 3.19. The van der Waals surface area contributed by atoms with E-state index >= 15 is 0 Å². The van der Waals surface area contributed by atoms with E-state index in [1.54, 1.807) is 23.5 Å². The van der Waals surface area contributed by atoms with E-state index in [1.807, 2.05) is 49.4 Å². The summed E-state index contributed by atoms with van der Waals surface area (Å²) < 4.78 is 0. The van der Waals surface area contributed by atoms with Crippen molar-refractivity contribution in [2.45, 2.75) is 26.3 Å². The number of carbonyl (C=O) groups is 2. The molecule has 0 spiro atoms. The van der Waals surface area contributed by atoms with Crippen LogP contribution >= 0.6 is 11.3 Å². The van der Waals surface area contributed by atoms with Gasteiger partial charge in [0.05, 0.1) is 10.7 Å². The van der Waals surface area contributed by atoms with Gasteiger partial charge < -0.3 is 16.0 Å². The molecule has 3 N–H and O–H groups in total. The second kappa shape index (κ2) is 10.4. The van der Waals surface area contributed by atoms with Crippen LogP contribution < -0.4 is 16.0 Å². The van der Waals surface area contributed by atoms with Crippen LogP contribution in [-0.2, 0) is 11.3 Å². The number of piperidine rings is 1. The van der Waals surface area contributed by atoms with Crippen molar-refractivity contribution in [3.8, 4) is 0 Å². The number of hydrogen-bond donors (Lipinski definition) is 3. The molecule has 2 heterocycles. The Morgan fingerprint density at radius 1 is 0.969 bits per heavy atom. The lowest BCUT2D eigenvalue weighted by Gasteiger charge is -2.30. The van der Waals surface area contributed by atoms with E-state index in [1.165, 1.54) is 0 Å². The van der Waals surface area contributed by atoms with E-state index in [4.69, 9.17) is 0 Å². The molecule has 1 saturated heterocycles. The van der Waals surface area contributed by atoms with Crippen LogP contribution in [0.15, 0.2) is 60.0 Å². The molecule has 0 saturated carbocycles. The molecule has 0 atom stereocenters. The van der Waals surface area contributed by atoms with Crippen LogP contribution in [-0.4, -0.2) is 34.9 Å². The van der Waals surface area contributed by atoms with Gasteiger partial charge in [0.1, 0.15) is 0 Å². The molecule has 0 unspecified atom stereocenters. The summed E-state index contributed by atoms with van der Waals surface area (Å²) in [6.45, 7) is 4.63.